The summed E-state index contributed by atoms with van der Waals surface area (Å²) in [6.07, 6.45) is 5.80. The molecule has 0 spiro atoms. The Kier molecular flexibility index (Phi) is 2.91. The highest BCUT2D eigenvalue weighted by atomic mass is 32.1. The van der Waals surface area contributed by atoms with Crippen LogP contribution in [0.3, 0.4) is 0 Å². The second-order valence-electron chi connectivity index (χ2n) is 7.90. The maximum absolute atomic E-state index is 4.74. The van der Waals surface area contributed by atoms with E-state index in [2.05, 4.69) is 64.0 Å². The molecule has 0 aliphatic rings. The van der Waals surface area contributed by atoms with Crippen LogP contribution in [0.15, 0.2) is 79.3 Å². The van der Waals surface area contributed by atoms with Gasteiger partial charge in [-0.15, -0.1) is 22.7 Å². The molecule has 0 N–H and O–H groups in total. The Hall–Kier alpha value is -3.54. The topological polar surface area (TPSA) is 30.2 Å². The number of thiophene rings is 2. The minimum absolute atomic E-state index is 0.960. The van der Waals surface area contributed by atoms with Crippen molar-refractivity contribution in [2.45, 2.75) is 0 Å². The summed E-state index contributed by atoms with van der Waals surface area (Å²) >= 11 is 3.77. The summed E-state index contributed by atoms with van der Waals surface area (Å²) in [7, 11) is 0. The number of benzene rings is 3. The van der Waals surface area contributed by atoms with Gasteiger partial charge >= 0.3 is 0 Å². The number of hydrogen-bond acceptors (Lipinski definition) is 4. The summed E-state index contributed by atoms with van der Waals surface area (Å²) < 4.78 is 7.57. The van der Waals surface area contributed by atoms with E-state index in [0.717, 1.165) is 22.1 Å². The van der Waals surface area contributed by atoms with Crippen LogP contribution in [0.4, 0.5) is 0 Å². The Balaban J connectivity index is 1.63. The van der Waals surface area contributed by atoms with Gasteiger partial charge in [0.05, 0.1) is 11.0 Å². The maximum atomic E-state index is 4.74. The van der Waals surface area contributed by atoms with E-state index >= 15 is 0 Å². The number of aromatic nitrogens is 3. The predicted molar refractivity (Wildman–Crippen MR) is 134 cm³/mol. The lowest BCUT2D eigenvalue weighted by Crippen LogP contribution is -1.91. The van der Waals surface area contributed by atoms with Crippen LogP contribution in [0, 0.1) is 0 Å². The van der Waals surface area contributed by atoms with Gasteiger partial charge in [-0.05, 0) is 36.4 Å². The van der Waals surface area contributed by atoms with Crippen molar-refractivity contribution in [2.24, 2.45) is 0 Å². The fourth-order valence-corrected chi connectivity index (χ4v) is 7.42. The standard InChI is InChI=1S/C26H13N3S2/c1-2-6-20-15(4-1)23-21(30-20)8-7-14-17-12-18-19(13-22(17)31-25(14)23)29-11-10-28-26(29)16-5-3-9-27-24(16)18/h1-13H. The van der Waals surface area contributed by atoms with Gasteiger partial charge in [0.2, 0.25) is 0 Å². The lowest BCUT2D eigenvalue weighted by molar-refractivity contribution is 1.27. The zero-order chi connectivity index (χ0) is 20.1. The molecular weight excluding hydrogens is 418 g/mol. The molecule has 0 unspecified atom stereocenters. The van der Waals surface area contributed by atoms with Crippen molar-refractivity contribution in [3.8, 4) is 0 Å². The van der Waals surface area contributed by atoms with Crippen LogP contribution in [0.25, 0.3) is 67.8 Å². The molecule has 0 atom stereocenters. The van der Waals surface area contributed by atoms with Gasteiger partial charge in [-0.3, -0.25) is 9.38 Å². The molecule has 8 aromatic rings. The highest BCUT2D eigenvalue weighted by Gasteiger charge is 2.16. The van der Waals surface area contributed by atoms with Crippen molar-refractivity contribution in [1.82, 2.24) is 14.4 Å². The Morgan fingerprint density at radius 3 is 2.58 bits per heavy atom. The van der Waals surface area contributed by atoms with Crippen molar-refractivity contribution >= 4 is 90.5 Å². The molecule has 0 saturated carbocycles. The Labute approximate surface area is 183 Å². The third-order valence-corrected chi connectivity index (χ3v) is 8.62. The SMILES string of the molecule is c1ccc2c(c1)sc1ccc3c4cc5c6ncccc6c6nccn6c5cc4sc3c12. The van der Waals surface area contributed by atoms with Crippen LogP contribution in [0.1, 0.15) is 0 Å². The van der Waals surface area contributed by atoms with Crippen molar-refractivity contribution in [3.05, 3.63) is 79.3 Å². The summed E-state index contributed by atoms with van der Waals surface area (Å²) in [6.45, 7) is 0. The zero-order valence-corrected chi connectivity index (χ0v) is 17.8. The molecule has 0 amide bonds. The van der Waals surface area contributed by atoms with Gasteiger partial charge in [0.25, 0.3) is 0 Å². The molecule has 3 nitrogen and oxygen atoms in total. The summed E-state index contributed by atoms with van der Waals surface area (Å²) in [5, 5.41) is 7.63. The third-order valence-electron chi connectivity index (χ3n) is 6.30. The number of hydrogen-bond donors (Lipinski definition) is 0. The summed E-state index contributed by atoms with van der Waals surface area (Å²) in [4.78, 5) is 9.36. The summed E-state index contributed by atoms with van der Waals surface area (Å²) in [5.74, 6) is 0. The summed E-state index contributed by atoms with van der Waals surface area (Å²) in [6, 6.07) is 22.1. The van der Waals surface area contributed by atoms with Gasteiger partial charge in [-0.2, -0.15) is 0 Å². The molecule has 5 heteroatoms. The monoisotopic (exact) mass is 431 g/mol. The second-order valence-corrected chi connectivity index (χ2v) is 10.0. The number of rotatable bonds is 0. The fraction of sp³-hybridized carbons (Fsp3) is 0. The van der Waals surface area contributed by atoms with Crippen LogP contribution in [0.5, 0.6) is 0 Å². The molecule has 8 rings (SSSR count). The average molecular weight is 432 g/mol. The van der Waals surface area contributed by atoms with E-state index in [4.69, 9.17) is 4.98 Å². The quantitative estimate of drug-likeness (QED) is 0.230. The third kappa shape index (κ3) is 1.98. The van der Waals surface area contributed by atoms with Crippen LogP contribution in [0.2, 0.25) is 0 Å². The minimum Gasteiger partial charge on any atom is -0.299 e. The van der Waals surface area contributed by atoms with Gasteiger partial charge in [0.15, 0.2) is 0 Å². The Morgan fingerprint density at radius 2 is 1.58 bits per heavy atom. The maximum Gasteiger partial charge on any atom is 0.146 e. The van der Waals surface area contributed by atoms with Gasteiger partial charge in [0, 0.05) is 69.7 Å². The van der Waals surface area contributed by atoms with E-state index in [1.165, 1.54) is 45.7 Å². The van der Waals surface area contributed by atoms with E-state index in [-0.39, 0.29) is 0 Å². The predicted octanol–water partition coefficient (Wildman–Crippen LogP) is 7.77. The first kappa shape index (κ1) is 16.2. The van der Waals surface area contributed by atoms with E-state index in [9.17, 15) is 0 Å². The molecule has 3 aromatic carbocycles. The van der Waals surface area contributed by atoms with Gasteiger partial charge in [0.1, 0.15) is 5.65 Å². The minimum atomic E-state index is 0.960. The van der Waals surface area contributed by atoms with Crippen molar-refractivity contribution < 1.29 is 0 Å². The molecule has 31 heavy (non-hydrogen) atoms. The molecule has 0 radical (unpaired) electrons. The van der Waals surface area contributed by atoms with Crippen LogP contribution < -0.4 is 0 Å². The first-order valence-electron chi connectivity index (χ1n) is 10.2. The fourth-order valence-electron chi connectivity index (χ4n) is 4.96. The lowest BCUT2D eigenvalue weighted by Gasteiger charge is -2.07. The molecule has 144 valence electrons. The summed E-state index contributed by atoms with van der Waals surface area (Å²) in [5.41, 5.74) is 3.13. The molecule has 0 aliphatic heterocycles. The molecule has 0 saturated heterocycles. The molecule has 5 aromatic heterocycles. The normalized spacial score (nSPS) is 12.5. The second kappa shape index (κ2) is 5.58. The van der Waals surface area contributed by atoms with E-state index < -0.39 is 0 Å². The largest absolute Gasteiger partial charge is 0.299 e. The van der Waals surface area contributed by atoms with Crippen LogP contribution in [-0.2, 0) is 0 Å². The number of pyridine rings is 2. The Morgan fingerprint density at radius 1 is 0.645 bits per heavy atom. The molecule has 0 aliphatic carbocycles. The van der Waals surface area contributed by atoms with Crippen LogP contribution >= 0.6 is 22.7 Å². The molecular formula is C26H13N3S2. The molecule has 0 bridgehead atoms. The molecule has 5 heterocycles. The van der Waals surface area contributed by atoms with Gasteiger partial charge in [-0.1, -0.05) is 24.3 Å². The number of imidazole rings is 1. The number of nitrogens with zero attached hydrogens (tertiary/aromatic N) is 3. The number of fused-ring (bicyclic) bond motifs is 13. The zero-order valence-electron chi connectivity index (χ0n) is 16.2. The van der Waals surface area contributed by atoms with Crippen molar-refractivity contribution in [1.29, 1.82) is 0 Å². The first-order chi connectivity index (χ1) is 15.4. The van der Waals surface area contributed by atoms with Crippen molar-refractivity contribution in [3.63, 3.8) is 0 Å². The molecule has 0 fully saturated rings. The highest BCUT2D eigenvalue weighted by molar-refractivity contribution is 7.29. The first-order valence-corrected chi connectivity index (χ1v) is 11.8. The average Bonchev–Trinajstić information content (AvgIpc) is 3.52. The Bertz CT molecular complexity index is 2010. The lowest BCUT2D eigenvalue weighted by atomic mass is 10.0. The smallest absolute Gasteiger partial charge is 0.146 e. The van der Waals surface area contributed by atoms with E-state index in [1.54, 1.807) is 0 Å². The highest BCUT2D eigenvalue weighted by Crippen LogP contribution is 2.45. The van der Waals surface area contributed by atoms with E-state index in [1.807, 2.05) is 47.3 Å². The van der Waals surface area contributed by atoms with Gasteiger partial charge in [-0.25, -0.2) is 4.98 Å². The van der Waals surface area contributed by atoms with Crippen LogP contribution in [-0.4, -0.2) is 14.4 Å². The van der Waals surface area contributed by atoms with Crippen molar-refractivity contribution in [2.75, 3.05) is 0 Å². The van der Waals surface area contributed by atoms with Gasteiger partial charge < -0.3 is 0 Å². The van der Waals surface area contributed by atoms with E-state index in [0.29, 0.717) is 0 Å².